The molecule has 2 N–H and O–H groups in total. The summed E-state index contributed by atoms with van der Waals surface area (Å²) in [5.41, 5.74) is 0. The van der Waals surface area contributed by atoms with E-state index in [0.717, 1.165) is 0 Å². The summed E-state index contributed by atoms with van der Waals surface area (Å²) in [6.07, 6.45) is 0. The van der Waals surface area contributed by atoms with Gasteiger partial charge in [0.1, 0.15) is 0 Å². The molecule has 5 heteroatoms. The molecule has 0 radical (unpaired) electrons. The fourth-order valence-corrected chi connectivity index (χ4v) is 0.553. The smallest absolute Gasteiger partial charge is 0.271 e. The van der Waals surface area contributed by atoms with Gasteiger partial charge in [0.15, 0.2) is 0 Å². The Bertz CT molecular complexity index is 73.0. The first-order valence-corrected chi connectivity index (χ1v) is 4.83. The average Bonchev–Trinajstić information content (AvgIpc) is 2.20. The molecule has 0 atom stereocenters. The van der Waals surface area contributed by atoms with Crippen LogP contribution in [0.15, 0.2) is 0 Å². The summed E-state index contributed by atoms with van der Waals surface area (Å²) in [5, 5.41) is 15.2. The van der Waals surface area contributed by atoms with Crippen molar-refractivity contribution < 1.29 is 24.4 Å². The number of aliphatic hydroxyl groups excluding tert-OH is 2. The van der Waals surface area contributed by atoms with Gasteiger partial charge in [0.05, 0.1) is 13.2 Å². The van der Waals surface area contributed by atoms with Crippen molar-refractivity contribution >= 4 is 0 Å². The molecule has 0 rings (SSSR count). The molecule has 0 spiro atoms. The van der Waals surface area contributed by atoms with Crippen molar-refractivity contribution in [1.82, 2.24) is 0 Å². The first-order valence-electron chi connectivity index (χ1n) is 4.83. The lowest BCUT2D eigenvalue weighted by Crippen LogP contribution is -2.20. The Hall–Kier alpha value is -0.200. The Morgan fingerprint density at radius 3 is 1.21 bits per heavy atom. The van der Waals surface area contributed by atoms with E-state index in [1.807, 2.05) is 20.8 Å². The van der Waals surface area contributed by atoms with Crippen molar-refractivity contribution in [3.63, 3.8) is 0 Å². The summed E-state index contributed by atoms with van der Waals surface area (Å²) in [6, 6.07) is 0. The number of aliphatic hydroxyl groups is 2. The standard InChI is InChI=1S/C7H16O3.C2H6O2/c1-4-8-7(9-5-2)10-6-3;3-1-2-4/h7H,4-6H2,1-3H3;3-4H,1-2H2. The van der Waals surface area contributed by atoms with Gasteiger partial charge < -0.3 is 24.4 Å². The molecule has 0 aromatic heterocycles. The van der Waals surface area contributed by atoms with Gasteiger partial charge in [-0.2, -0.15) is 0 Å². The Balaban J connectivity index is 0. The van der Waals surface area contributed by atoms with Crippen LogP contribution in [0, 0.1) is 0 Å². The quantitative estimate of drug-likeness (QED) is 0.593. The van der Waals surface area contributed by atoms with Crippen LogP contribution < -0.4 is 0 Å². The maximum Gasteiger partial charge on any atom is 0.271 e. The van der Waals surface area contributed by atoms with Crippen LogP contribution >= 0.6 is 0 Å². The van der Waals surface area contributed by atoms with Gasteiger partial charge in [-0.3, -0.25) is 0 Å². The maximum absolute atomic E-state index is 7.62. The predicted molar refractivity (Wildman–Crippen MR) is 52.8 cm³/mol. The largest absolute Gasteiger partial charge is 0.394 e. The third kappa shape index (κ3) is 14.3. The van der Waals surface area contributed by atoms with Gasteiger partial charge in [0.2, 0.25) is 0 Å². The molecule has 0 saturated heterocycles. The third-order valence-corrected chi connectivity index (χ3v) is 1.01. The fraction of sp³-hybridized carbons (Fsp3) is 1.00. The lowest BCUT2D eigenvalue weighted by molar-refractivity contribution is -0.282. The lowest BCUT2D eigenvalue weighted by Gasteiger charge is -2.15. The summed E-state index contributed by atoms with van der Waals surface area (Å²) in [7, 11) is 0. The van der Waals surface area contributed by atoms with Crippen LogP contribution in [0.3, 0.4) is 0 Å². The zero-order valence-electron chi connectivity index (χ0n) is 9.23. The van der Waals surface area contributed by atoms with Crippen molar-refractivity contribution in [2.24, 2.45) is 0 Å². The van der Waals surface area contributed by atoms with Crippen LogP contribution in [0.4, 0.5) is 0 Å². The minimum absolute atomic E-state index is 0.125. The van der Waals surface area contributed by atoms with Crippen LogP contribution in [0.25, 0.3) is 0 Å². The minimum Gasteiger partial charge on any atom is -0.394 e. The minimum atomic E-state index is -0.472. The van der Waals surface area contributed by atoms with Gasteiger partial charge in [-0.05, 0) is 20.8 Å². The summed E-state index contributed by atoms with van der Waals surface area (Å²) in [4.78, 5) is 0. The van der Waals surface area contributed by atoms with E-state index < -0.39 is 6.48 Å². The first-order chi connectivity index (χ1) is 6.76. The highest BCUT2D eigenvalue weighted by atomic mass is 16.8. The van der Waals surface area contributed by atoms with Gasteiger partial charge >= 0.3 is 0 Å². The van der Waals surface area contributed by atoms with E-state index in [1.54, 1.807) is 0 Å². The highest BCUT2D eigenvalue weighted by Gasteiger charge is 2.04. The molecule has 0 aliphatic heterocycles. The molecule has 0 saturated carbocycles. The Morgan fingerprint density at radius 2 is 1.07 bits per heavy atom. The summed E-state index contributed by atoms with van der Waals surface area (Å²) in [6.45, 7) is 6.85. The highest BCUT2D eigenvalue weighted by Crippen LogP contribution is 1.95. The van der Waals surface area contributed by atoms with Gasteiger partial charge in [0.25, 0.3) is 6.48 Å². The molecule has 88 valence electrons. The second-order valence-corrected chi connectivity index (χ2v) is 2.10. The van der Waals surface area contributed by atoms with Gasteiger partial charge in [-0.15, -0.1) is 0 Å². The van der Waals surface area contributed by atoms with Crippen molar-refractivity contribution in [3.05, 3.63) is 0 Å². The predicted octanol–water partition coefficient (Wildman–Crippen LogP) is 0.350. The van der Waals surface area contributed by atoms with E-state index in [9.17, 15) is 0 Å². The number of hydrogen-bond acceptors (Lipinski definition) is 5. The molecule has 0 aromatic carbocycles. The molecular weight excluding hydrogens is 188 g/mol. The van der Waals surface area contributed by atoms with Crippen molar-refractivity contribution in [3.8, 4) is 0 Å². The normalized spacial score (nSPS) is 9.86. The molecule has 0 aliphatic rings. The summed E-state index contributed by atoms with van der Waals surface area (Å²) >= 11 is 0. The Labute approximate surface area is 85.6 Å². The number of hydrogen-bond donors (Lipinski definition) is 2. The molecule has 0 heterocycles. The Morgan fingerprint density at radius 1 is 0.786 bits per heavy atom. The van der Waals surface area contributed by atoms with E-state index >= 15 is 0 Å². The van der Waals surface area contributed by atoms with Crippen LogP contribution in [0.2, 0.25) is 0 Å². The zero-order chi connectivity index (χ0) is 11.2. The van der Waals surface area contributed by atoms with Crippen molar-refractivity contribution in [2.75, 3.05) is 33.0 Å². The molecule has 5 nitrogen and oxygen atoms in total. The van der Waals surface area contributed by atoms with Crippen LogP contribution in [-0.4, -0.2) is 49.7 Å². The SMILES string of the molecule is CCOC(OCC)OCC.OCCO. The van der Waals surface area contributed by atoms with E-state index in [4.69, 9.17) is 24.4 Å². The Kier molecular flexibility index (Phi) is 17.7. The second-order valence-electron chi connectivity index (χ2n) is 2.10. The molecule has 0 bridgehead atoms. The van der Waals surface area contributed by atoms with Gasteiger partial charge in [0, 0.05) is 19.8 Å². The molecule has 0 unspecified atom stereocenters. The van der Waals surface area contributed by atoms with E-state index in [-0.39, 0.29) is 13.2 Å². The monoisotopic (exact) mass is 210 g/mol. The topological polar surface area (TPSA) is 68.2 Å². The molecule has 0 aromatic rings. The first kappa shape index (κ1) is 16.2. The molecule has 0 fully saturated rings. The van der Waals surface area contributed by atoms with E-state index in [1.165, 1.54) is 0 Å². The number of ether oxygens (including phenoxy) is 3. The number of rotatable bonds is 7. The third-order valence-electron chi connectivity index (χ3n) is 1.01. The van der Waals surface area contributed by atoms with E-state index in [0.29, 0.717) is 19.8 Å². The van der Waals surface area contributed by atoms with Crippen LogP contribution in [0.5, 0.6) is 0 Å². The lowest BCUT2D eigenvalue weighted by atomic mass is 10.8. The summed E-state index contributed by atoms with van der Waals surface area (Å²) < 4.78 is 15.2. The summed E-state index contributed by atoms with van der Waals surface area (Å²) in [5.74, 6) is 0. The highest BCUT2D eigenvalue weighted by molar-refractivity contribution is 4.23. The zero-order valence-corrected chi connectivity index (χ0v) is 9.23. The fourth-order valence-electron chi connectivity index (χ4n) is 0.553. The van der Waals surface area contributed by atoms with Crippen molar-refractivity contribution in [2.45, 2.75) is 27.2 Å². The van der Waals surface area contributed by atoms with Crippen LogP contribution in [-0.2, 0) is 14.2 Å². The van der Waals surface area contributed by atoms with Gasteiger partial charge in [-0.25, -0.2) is 0 Å². The van der Waals surface area contributed by atoms with E-state index in [2.05, 4.69) is 0 Å². The van der Waals surface area contributed by atoms with Crippen molar-refractivity contribution in [1.29, 1.82) is 0 Å². The molecule has 0 amide bonds. The van der Waals surface area contributed by atoms with Gasteiger partial charge in [-0.1, -0.05) is 0 Å². The van der Waals surface area contributed by atoms with Crippen LogP contribution in [0.1, 0.15) is 20.8 Å². The average molecular weight is 210 g/mol. The molecular formula is C9H22O5. The second kappa shape index (κ2) is 15.3. The maximum atomic E-state index is 7.62. The molecule has 0 aliphatic carbocycles. The molecule has 14 heavy (non-hydrogen) atoms.